The van der Waals surface area contributed by atoms with Gasteiger partial charge in [-0.1, -0.05) is 30.3 Å². The highest BCUT2D eigenvalue weighted by Crippen LogP contribution is 2.31. The number of pyridine rings is 2. The smallest absolute Gasteiger partial charge is 0.383 e. The average molecular weight is 446 g/mol. The molecule has 1 saturated heterocycles. The van der Waals surface area contributed by atoms with E-state index >= 15 is 0 Å². The van der Waals surface area contributed by atoms with Crippen LogP contribution in [0.3, 0.4) is 0 Å². The Kier molecular flexibility index (Phi) is 6.24. The van der Waals surface area contributed by atoms with Gasteiger partial charge in [-0.2, -0.15) is 13.2 Å². The molecule has 0 saturated carbocycles. The van der Waals surface area contributed by atoms with Crippen LogP contribution in [0.2, 0.25) is 0 Å². The van der Waals surface area contributed by atoms with Crippen LogP contribution in [0.4, 0.5) is 19.0 Å². The molecule has 0 unspecified atom stereocenters. The van der Waals surface area contributed by atoms with E-state index in [1.165, 1.54) is 12.1 Å². The van der Waals surface area contributed by atoms with Gasteiger partial charge in [0, 0.05) is 24.0 Å². The molecule has 168 valence electrons. The zero-order chi connectivity index (χ0) is 22.7. The average Bonchev–Trinajstić information content (AvgIpc) is 3.31. The van der Waals surface area contributed by atoms with Crippen molar-refractivity contribution in [2.45, 2.75) is 19.4 Å². The summed E-state index contributed by atoms with van der Waals surface area (Å²) >= 11 is 0. The van der Waals surface area contributed by atoms with Crippen LogP contribution in [0, 0.1) is 0 Å². The number of benzene rings is 1. The summed E-state index contributed by atoms with van der Waals surface area (Å²) in [6, 6.07) is 8.16. The highest BCUT2D eigenvalue weighted by atomic mass is 19.4. The summed E-state index contributed by atoms with van der Waals surface area (Å²) in [5, 5.41) is 0.897. The summed E-state index contributed by atoms with van der Waals surface area (Å²) in [7, 11) is 0. The number of halogens is 3. The highest BCUT2D eigenvalue weighted by Gasteiger charge is 2.29. The third-order valence-corrected chi connectivity index (χ3v) is 5.23. The summed E-state index contributed by atoms with van der Waals surface area (Å²) in [4.78, 5) is 22.9. The minimum Gasteiger partial charge on any atom is -0.383 e. The molecule has 0 radical (unpaired) electrons. The molecule has 1 fully saturated rings. The molecule has 0 aliphatic carbocycles. The normalized spacial score (nSPS) is 15.8. The molecule has 10 heteroatoms. The number of amides is 1. The Morgan fingerprint density at radius 1 is 1.03 bits per heavy atom. The molecule has 2 aromatic heterocycles. The molecule has 0 spiro atoms. The van der Waals surface area contributed by atoms with Crippen molar-refractivity contribution < 1.29 is 27.4 Å². The lowest BCUT2D eigenvalue weighted by Crippen LogP contribution is -2.41. The molecule has 32 heavy (non-hydrogen) atoms. The molecule has 1 amide bonds. The van der Waals surface area contributed by atoms with E-state index in [1.807, 2.05) is 0 Å². The van der Waals surface area contributed by atoms with Gasteiger partial charge in [0.25, 0.3) is 5.91 Å². The van der Waals surface area contributed by atoms with Crippen molar-refractivity contribution in [3.63, 3.8) is 0 Å². The fourth-order valence-electron chi connectivity index (χ4n) is 3.55. The second-order valence-electron chi connectivity index (χ2n) is 7.30. The van der Waals surface area contributed by atoms with Crippen molar-refractivity contribution in [2.24, 2.45) is 0 Å². The molecule has 2 aliphatic heterocycles. The van der Waals surface area contributed by atoms with Crippen molar-refractivity contribution >= 4 is 22.6 Å². The van der Waals surface area contributed by atoms with Crippen molar-refractivity contribution in [3.05, 3.63) is 65.0 Å². The first-order valence-electron chi connectivity index (χ1n) is 9.98. The number of carbonyl (C=O) groups is 1. The third kappa shape index (κ3) is 4.66. The zero-order valence-electron chi connectivity index (χ0n) is 17.1. The van der Waals surface area contributed by atoms with Gasteiger partial charge in [-0.25, -0.2) is 9.97 Å². The van der Waals surface area contributed by atoms with Crippen molar-refractivity contribution in [3.8, 4) is 0 Å². The Hall–Kier alpha value is -3.24. The summed E-state index contributed by atoms with van der Waals surface area (Å²) in [5.41, 5.74) is 8.40. The Labute approximate surface area is 182 Å². The molecule has 2 aliphatic rings. The molecule has 3 aromatic rings. The molecular formula is C22H21F3N4O3. The maximum Gasteiger partial charge on any atom is 0.416 e. The summed E-state index contributed by atoms with van der Waals surface area (Å²) in [6.45, 7) is 3.30. The predicted octanol–water partition coefficient (Wildman–Crippen LogP) is 3.42. The van der Waals surface area contributed by atoms with Crippen LogP contribution in [0.1, 0.15) is 27.2 Å². The quantitative estimate of drug-likeness (QED) is 0.616. The Morgan fingerprint density at radius 3 is 2.38 bits per heavy atom. The number of nitrogens with two attached hydrogens (primary N) is 1. The number of nitrogen functional groups attached to an aromatic ring is 1. The molecule has 0 bridgehead atoms. The van der Waals surface area contributed by atoms with E-state index in [0.29, 0.717) is 56.5 Å². The minimum absolute atomic E-state index is 0.0744. The molecule has 1 aromatic carbocycles. The van der Waals surface area contributed by atoms with E-state index in [0.717, 1.165) is 28.6 Å². The maximum atomic E-state index is 12.5. The van der Waals surface area contributed by atoms with Crippen LogP contribution < -0.4 is 5.73 Å². The topological polar surface area (TPSA) is 90.6 Å². The van der Waals surface area contributed by atoms with E-state index in [1.54, 1.807) is 23.2 Å². The van der Waals surface area contributed by atoms with Crippen LogP contribution in [0.5, 0.6) is 0 Å². The Balaban J connectivity index is 0.000000207. The largest absolute Gasteiger partial charge is 0.416 e. The molecular weight excluding hydrogens is 425 g/mol. The highest BCUT2D eigenvalue weighted by molar-refractivity contribution is 5.97. The number of fused-ring (bicyclic) bond motifs is 3. The second kappa shape index (κ2) is 9.09. The number of hydrogen-bond donors (Lipinski definition) is 1. The van der Waals surface area contributed by atoms with Crippen LogP contribution in [0.15, 0.2) is 42.6 Å². The number of ether oxygens (including phenoxy) is 2. The van der Waals surface area contributed by atoms with Gasteiger partial charge in [0.15, 0.2) is 0 Å². The fourth-order valence-corrected chi connectivity index (χ4v) is 3.55. The Bertz CT molecular complexity index is 1120. The lowest BCUT2D eigenvalue weighted by atomic mass is 10.1. The van der Waals surface area contributed by atoms with E-state index < -0.39 is 11.7 Å². The standard InChI is InChI=1S/C15H16N4O3.C7H5F3/c16-14-11-8-22-7-10(11)9-5-12(17-6-13(9)18-14)15(20)19-1-3-21-4-2-19;8-7(9,10)6-4-2-1-3-5-6/h5-6H,1-4,7-8H2,(H2,16,18);1-5H. The van der Waals surface area contributed by atoms with Crippen LogP contribution in [-0.4, -0.2) is 47.1 Å². The van der Waals surface area contributed by atoms with Crippen molar-refractivity contribution in [1.29, 1.82) is 0 Å². The molecule has 0 atom stereocenters. The first-order chi connectivity index (χ1) is 15.3. The minimum atomic E-state index is -4.21. The first-order valence-corrected chi connectivity index (χ1v) is 9.98. The van der Waals surface area contributed by atoms with Crippen LogP contribution >= 0.6 is 0 Å². The van der Waals surface area contributed by atoms with Crippen LogP contribution in [0.25, 0.3) is 10.9 Å². The number of alkyl halides is 3. The van der Waals surface area contributed by atoms with E-state index in [-0.39, 0.29) is 5.91 Å². The van der Waals surface area contributed by atoms with Crippen molar-refractivity contribution in [2.75, 3.05) is 32.0 Å². The Morgan fingerprint density at radius 2 is 1.72 bits per heavy atom. The maximum absolute atomic E-state index is 12.5. The van der Waals surface area contributed by atoms with E-state index in [2.05, 4.69) is 9.97 Å². The third-order valence-electron chi connectivity index (χ3n) is 5.23. The number of nitrogens with zero attached hydrogens (tertiary/aromatic N) is 3. The van der Waals surface area contributed by atoms with Gasteiger partial charge in [-0.05, 0) is 11.6 Å². The monoisotopic (exact) mass is 446 g/mol. The van der Waals surface area contributed by atoms with Gasteiger partial charge >= 0.3 is 6.18 Å². The van der Waals surface area contributed by atoms with Gasteiger partial charge in [0.2, 0.25) is 0 Å². The number of morpholine rings is 1. The van der Waals surface area contributed by atoms with Gasteiger partial charge in [0.1, 0.15) is 11.5 Å². The summed E-state index contributed by atoms with van der Waals surface area (Å²) in [5.74, 6) is 0.406. The zero-order valence-corrected chi connectivity index (χ0v) is 17.1. The molecule has 2 N–H and O–H groups in total. The van der Waals surface area contributed by atoms with Gasteiger partial charge in [-0.15, -0.1) is 0 Å². The SMILES string of the molecule is FC(F)(F)c1ccccc1.Nc1nc2cnc(C(=O)N3CCOCC3)cc2c2c1COC2. The number of aromatic nitrogens is 2. The predicted molar refractivity (Wildman–Crippen MR) is 111 cm³/mol. The lowest BCUT2D eigenvalue weighted by molar-refractivity contribution is -0.137. The summed E-state index contributed by atoms with van der Waals surface area (Å²) < 4.78 is 46.1. The van der Waals surface area contributed by atoms with E-state index in [9.17, 15) is 18.0 Å². The molecule has 4 heterocycles. The number of hydrogen-bond acceptors (Lipinski definition) is 6. The van der Waals surface area contributed by atoms with Crippen molar-refractivity contribution in [1.82, 2.24) is 14.9 Å². The van der Waals surface area contributed by atoms with Gasteiger partial charge < -0.3 is 20.1 Å². The first kappa shape index (κ1) is 22.0. The molecule has 5 rings (SSSR count). The molecule has 7 nitrogen and oxygen atoms in total. The fraction of sp³-hybridized carbons (Fsp3) is 0.318. The number of carbonyl (C=O) groups excluding carboxylic acids is 1. The van der Waals surface area contributed by atoms with Gasteiger partial charge in [-0.3, -0.25) is 4.79 Å². The van der Waals surface area contributed by atoms with E-state index in [4.69, 9.17) is 15.2 Å². The second-order valence-corrected chi connectivity index (χ2v) is 7.30. The van der Waals surface area contributed by atoms with Crippen LogP contribution in [-0.2, 0) is 28.9 Å². The number of anilines is 1. The number of rotatable bonds is 1. The summed E-state index contributed by atoms with van der Waals surface area (Å²) in [6.07, 6.45) is -2.60. The van der Waals surface area contributed by atoms with Gasteiger partial charge in [0.05, 0.1) is 43.7 Å². The lowest BCUT2D eigenvalue weighted by Gasteiger charge is -2.26.